The van der Waals surface area contributed by atoms with Crippen LogP contribution < -0.4 is 0 Å². The van der Waals surface area contributed by atoms with Crippen LogP contribution in [0.15, 0.2) is 218 Å². The lowest BCUT2D eigenvalue weighted by molar-refractivity contribution is -0.126. The molecule has 0 saturated carbocycles. The summed E-state index contributed by atoms with van der Waals surface area (Å²) in [6, 6.07) is 72.6. The monoisotopic (exact) mass is 906 g/mol. The lowest BCUT2D eigenvalue weighted by Gasteiger charge is -2.29. The molecule has 8 aromatic rings. The molecule has 320 valence electrons. The van der Waals surface area contributed by atoms with Gasteiger partial charge in [0.1, 0.15) is 5.78 Å². The number of carbonyl (C=O) groups excluding carboxylic acids is 1. The second-order valence-corrected chi connectivity index (χ2v) is 18.2. The highest BCUT2D eigenvalue weighted by molar-refractivity contribution is 9.09. The molecule has 0 fully saturated rings. The molecule has 1 unspecified atom stereocenters. The standard InChI is InChI=1S/C63H55BrO/c1-46(65)63(42-19-2-3-20-45-64)43-21-32-50(41-44-63)58-40-39-56(48-24-11-5-12-25-48)60(52-30-17-8-18-31-52)62(58)54-35-33-53(34-36-54)61-57(49-26-13-6-14-27-49)38-37-55(47-22-9-4-10-23-47)59(61)51-28-15-7-16-29-51/h4-18,21-41H,2-3,19-20,42-45H2,1H3. The number of carbonyl (C=O) groups is 1. The van der Waals surface area contributed by atoms with Crippen molar-refractivity contribution in [1.82, 2.24) is 0 Å². The van der Waals surface area contributed by atoms with E-state index < -0.39 is 0 Å². The summed E-state index contributed by atoms with van der Waals surface area (Å²) < 4.78 is 0. The first-order valence-corrected chi connectivity index (χ1v) is 24.3. The Labute approximate surface area is 394 Å². The van der Waals surface area contributed by atoms with E-state index in [0.717, 1.165) is 54.1 Å². The maximum absolute atomic E-state index is 13.6. The van der Waals surface area contributed by atoms with Crippen molar-refractivity contribution < 1.29 is 4.79 Å². The third-order valence-electron chi connectivity index (χ3n) is 13.4. The molecule has 9 rings (SSSR count). The lowest BCUT2D eigenvalue weighted by atomic mass is 9.74. The number of allylic oxidation sites excluding steroid dienone is 4. The van der Waals surface area contributed by atoms with Crippen LogP contribution in [-0.2, 0) is 4.79 Å². The van der Waals surface area contributed by atoms with Gasteiger partial charge in [-0.3, -0.25) is 4.79 Å². The van der Waals surface area contributed by atoms with Gasteiger partial charge in [0.25, 0.3) is 0 Å². The average molecular weight is 908 g/mol. The van der Waals surface area contributed by atoms with E-state index in [1.54, 1.807) is 0 Å². The van der Waals surface area contributed by atoms with Gasteiger partial charge in [0.2, 0.25) is 0 Å². The fourth-order valence-electron chi connectivity index (χ4n) is 9.88. The Hall–Kier alpha value is -6.61. The molecule has 0 bridgehead atoms. The SMILES string of the molecule is CC(=O)C1(CCCCCCBr)CC=CC(c2ccc(-c3ccccc3)c(-c3ccccc3)c2-c2ccc(-c3c(-c4ccccc4)ccc(-c4ccccc4)c3-c3ccccc3)cc2)=CC1. The molecule has 0 radical (unpaired) electrons. The van der Waals surface area contributed by atoms with Crippen LogP contribution in [0.3, 0.4) is 0 Å². The number of benzene rings is 8. The van der Waals surface area contributed by atoms with Crippen molar-refractivity contribution in [2.75, 3.05) is 5.33 Å². The molecule has 1 aliphatic rings. The maximum atomic E-state index is 13.6. The predicted molar refractivity (Wildman–Crippen MR) is 281 cm³/mol. The van der Waals surface area contributed by atoms with E-state index in [9.17, 15) is 4.79 Å². The van der Waals surface area contributed by atoms with Gasteiger partial charge in [-0.25, -0.2) is 0 Å². The summed E-state index contributed by atoms with van der Waals surface area (Å²) in [5.74, 6) is 0.293. The Balaban J connectivity index is 1.25. The highest BCUT2D eigenvalue weighted by Gasteiger charge is 2.34. The summed E-state index contributed by atoms with van der Waals surface area (Å²) in [6.45, 7) is 1.81. The number of rotatable bonds is 15. The van der Waals surface area contributed by atoms with Gasteiger partial charge < -0.3 is 0 Å². The smallest absolute Gasteiger partial charge is 0.136 e. The highest BCUT2D eigenvalue weighted by Crippen LogP contribution is 2.49. The molecular formula is C63H55BrO. The molecule has 0 aromatic heterocycles. The number of unbranched alkanes of at least 4 members (excludes halogenated alkanes) is 3. The van der Waals surface area contributed by atoms with Crippen molar-refractivity contribution in [3.8, 4) is 77.9 Å². The molecule has 1 aliphatic carbocycles. The van der Waals surface area contributed by atoms with Gasteiger partial charge in [-0.1, -0.05) is 254 Å². The number of hydrogen-bond donors (Lipinski definition) is 0. The summed E-state index contributed by atoms with van der Waals surface area (Å²) >= 11 is 3.59. The first-order chi connectivity index (χ1) is 32.0. The van der Waals surface area contributed by atoms with E-state index in [1.807, 2.05) is 6.92 Å². The molecule has 0 saturated heterocycles. The second-order valence-electron chi connectivity index (χ2n) is 17.4. The lowest BCUT2D eigenvalue weighted by Crippen LogP contribution is -2.28. The van der Waals surface area contributed by atoms with Crippen LogP contribution in [0.2, 0.25) is 0 Å². The third kappa shape index (κ3) is 9.47. The summed E-state index contributed by atoms with van der Waals surface area (Å²) in [4.78, 5) is 13.6. The van der Waals surface area contributed by atoms with Crippen molar-refractivity contribution in [1.29, 1.82) is 0 Å². The summed E-state index contributed by atoms with van der Waals surface area (Å²) in [5.41, 5.74) is 18.5. The average Bonchev–Trinajstić information content (AvgIpc) is 3.60. The van der Waals surface area contributed by atoms with E-state index in [2.05, 4.69) is 234 Å². The van der Waals surface area contributed by atoms with Crippen LogP contribution in [-0.4, -0.2) is 11.1 Å². The first kappa shape index (κ1) is 43.6. The molecule has 0 heterocycles. The van der Waals surface area contributed by atoms with Gasteiger partial charge >= 0.3 is 0 Å². The van der Waals surface area contributed by atoms with Crippen LogP contribution in [0.1, 0.15) is 57.4 Å². The van der Waals surface area contributed by atoms with Crippen LogP contribution >= 0.6 is 15.9 Å². The quantitative estimate of drug-likeness (QED) is 0.0740. The molecule has 65 heavy (non-hydrogen) atoms. The molecule has 8 aromatic carbocycles. The molecule has 2 heteroatoms. The predicted octanol–water partition coefficient (Wildman–Crippen LogP) is 18.0. The largest absolute Gasteiger partial charge is 0.299 e. The minimum absolute atomic E-state index is 0.293. The Bertz CT molecular complexity index is 2920. The Morgan fingerprint density at radius 2 is 0.769 bits per heavy atom. The summed E-state index contributed by atoms with van der Waals surface area (Å²) in [5, 5.41) is 1.03. The number of ketones is 1. The van der Waals surface area contributed by atoms with Crippen molar-refractivity contribution >= 4 is 27.3 Å². The zero-order valence-corrected chi connectivity index (χ0v) is 38.8. The molecule has 0 amide bonds. The van der Waals surface area contributed by atoms with Crippen molar-refractivity contribution in [3.05, 3.63) is 224 Å². The van der Waals surface area contributed by atoms with Gasteiger partial charge in [-0.2, -0.15) is 0 Å². The topological polar surface area (TPSA) is 17.1 Å². The highest BCUT2D eigenvalue weighted by atomic mass is 79.9. The van der Waals surface area contributed by atoms with E-state index in [4.69, 9.17) is 0 Å². The normalized spacial score (nSPS) is 14.7. The molecule has 0 spiro atoms. The van der Waals surface area contributed by atoms with Gasteiger partial charge in [0.15, 0.2) is 0 Å². The Morgan fingerprint density at radius 3 is 1.17 bits per heavy atom. The first-order valence-electron chi connectivity index (χ1n) is 23.2. The van der Waals surface area contributed by atoms with Crippen LogP contribution in [0.5, 0.6) is 0 Å². The molecule has 1 nitrogen and oxygen atoms in total. The number of halogens is 1. The minimum atomic E-state index is -0.387. The zero-order chi connectivity index (χ0) is 44.4. The van der Waals surface area contributed by atoms with Crippen molar-refractivity contribution in [3.63, 3.8) is 0 Å². The third-order valence-corrected chi connectivity index (χ3v) is 13.9. The van der Waals surface area contributed by atoms with E-state index in [0.29, 0.717) is 5.78 Å². The van der Waals surface area contributed by atoms with Crippen LogP contribution in [0.4, 0.5) is 0 Å². The molecular weight excluding hydrogens is 853 g/mol. The maximum Gasteiger partial charge on any atom is 0.136 e. The molecule has 0 aliphatic heterocycles. The van der Waals surface area contributed by atoms with Crippen molar-refractivity contribution in [2.45, 2.75) is 51.9 Å². The Kier molecular flexibility index (Phi) is 13.7. The van der Waals surface area contributed by atoms with Crippen LogP contribution in [0, 0.1) is 5.41 Å². The zero-order valence-electron chi connectivity index (χ0n) is 37.2. The van der Waals surface area contributed by atoms with E-state index in [-0.39, 0.29) is 5.41 Å². The van der Waals surface area contributed by atoms with Gasteiger partial charge in [0.05, 0.1) is 0 Å². The number of alkyl halides is 1. The van der Waals surface area contributed by atoms with Gasteiger partial charge in [-0.15, -0.1) is 0 Å². The minimum Gasteiger partial charge on any atom is -0.299 e. The van der Waals surface area contributed by atoms with Gasteiger partial charge in [0, 0.05) is 10.7 Å². The second kappa shape index (κ2) is 20.5. The van der Waals surface area contributed by atoms with Crippen molar-refractivity contribution in [2.24, 2.45) is 5.41 Å². The fourth-order valence-corrected chi connectivity index (χ4v) is 10.3. The van der Waals surface area contributed by atoms with E-state index in [1.165, 1.54) is 85.2 Å². The van der Waals surface area contributed by atoms with Crippen LogP contribution in [0.25, 0.3) is 83.5 Å². The summed E-state index contributed by atoms with van der Waals surface area (Å²) in [6.07, 6.45) is 13.9. The van der Waals surface area contributed by atoms with Gasteiger partial charge in [-0.05, 0) is 122 Å². The van der Waals surface area contributed by atoms with E-state index >= 15 is 0 Å². The molecule has 1 atom stereocenters. The fraction of sp³-hybridized carbons (Fsp3) is 0.159. The Morgan fingerprint density at radius 1 is 0.415 bits per heavy atom. The number of Topliss-reactive ketones (excluding diaryl/α,β-unsaturated/α-hetero) is 1. The molecule has 0 N–H and O–H groups in total. The number of hydrogen-bond acceptors (Lipinski definition) is 1. The summed E-state index contributed by atoms with van der Waals surface area (Å²) in [7, 11) is 0.